The first kappa shape index (κ1) is 14.4. The third kappa shape index (κ3) is 2.72. The molecule has 0 atom stereocenters. The summed E-state index contributed by atoms with van der Waals surface area (Å²) in [5, 5.41) is 2.38. The molecule has 3 aromatic carbocycles. The van der Waals surface area contributed by atoms with Gasteiger partial charge in [-0.2, -0.15) is 0 Å². The van der Waals surface area contributed by atoms with Crippen molar-refractivity contribution in [3.63, 3.8) is 0 Å². The topological polar surface area (TPSA) is 17.3 Å². The normalized spacial score (nSPS) is 11.4. The maximum atomic E-state index is 13.7. The fourth-order valence-corrected chi connectivity index (χ4v) is 2.75. The lowest BCUT2D eigenvalue weighted by molar-refractivity contribution is 0.630. The van der Waals surface area contributed by atoms with E-state index < -0.39 is 0 Å². The number of benzene rings is 3. The van der Waals surface area contributed by atoms with Gasteiger partial charge in [0.2, 0.25) is 0 Å². The van der Waals surface area contributed by atoms with Crippen LogP contribution in [0.1, 0.15) is 5.69 Å². The molecule has 0 aliphatic rings. The number of aliphatic imine (C=N–C) groups is 1. The molecule has 0 saturated carbocycles. The average molecular weight is 314 g/mol. The van der Waals surface area contributed by atoms with Gasteiger partial charge in [-0.05, 0) is 47.2 Å². The van der Waals surface area contributed by atoms with Crippen molar-refractivity contribution in [1.82, 2.24) is 4.57 Å². The summed E-state index contributed by atoms with van der Waals surface area (Å²) in [6, 6.07) is 25.0. The first-order valence-electron chi connectivity index (χ1n) is 7.76. The van der Waals surface area contributed by atoms with E-state index in [0.29, 0.717) is 5.69 Å². The van der Waals surface area contributed by atoms with E-state index in [1.807, 2.05) is 35.0 Å². The highest BCUT2D eigenvalue weighted by Gasteiger charge is 2.03. The van der Waals surface area contributed by atoms with Crippen LogP contribution in [-0.4, -0.2) is 10.8 Å². The molecule has 0 saturated heterocycles. The van der Waals surface area contributed by atoms with Gasteiger partial charge in [-0.25, -0.2) is 4.39 Å². The van der Waals surface area contributed by atoms with Crippen LogP contribution in [0.15, 0.2) is 90.1 Å². The Morgan fingerprint density at radius 2 is 1.58 bits per heavy atom. The molecule has 0 unspecified atom stereocenters. The summed E-state index contributed by atoms with van der Waals surface area (Å²) in [6.07, 6.45) is 3.67. The minimum atomic E-state index is -0.322. The number of rotatable bonds is 3. The van der Waals surface area contributed by atoms with E-state index in [-0.39, 0.29) is 5.82 Å². The van der Waals surface area contributed by atoms with Crippen LogP contribution >= 0.6 is 0 Å². The van der Waals surface area contributed by atoms with Crippen LogP contribution in [0.3, 0.4) is 0 Å². The summed E-state index contributed by atoms with van der Waals surface area (Å²) in [5.74, 6) is -0.322. The predicted molar refractivity (Wildman–Crippen MR) is 96.9 cm³/mol. The highest BCUT2D eigenvalue weighted by molar-refractivity contribution is 5.86. The highest BCUT2D eigenvalue weighted by atomic mass is 19.1. The third-order valence-electron chi connectivity index (χ3n) is 3.98. The zero-order valence-corrected chi connectivity index (χ0v) is 12.9. The van der Waals surface area contributed by atoms with Gasteiger partial charge in [0.1, 0.15) is 5.82 Å². The first-order valence-corrected chi connectivity index (χ1v) is 7.76. The number of hydrogen-bond donors (Lipinski definition) is 0. The Morgan fingerprint density at radius 1 is 0.792 bits per heavy atom. The van der Waals surface area contributed by atoms with Crippen LogP contribution < -0.4 is 0 Å². The molecular formula is C21H15FN2. The largest absolute Gasteiger partial charge is 0.316 e. The van der Waals surface area contributed by atoms with Gasteiger partial charge in [-0.3, -0.25) is 4.99 Å². The van der Waals surface area contributed by atoms with E-state index >= 15 is 0 Å². The minimum Gasteiger partial charge on any atom is -0.316 e. The molecule has 0 aliphatic heterocycles. The molecule has 2 nitrogen and oxygen atoms in total. The van der Waals surface area contributed by atoms with Gasteiger partial charge in [0.15, 0.2) is 0 Å². The van der Waals surface area contributed by atoms with Crippen molar-refractivity contribution in [3.8, 4) is 5.69 Å². The Hall–Kier alpha value is -3.20. The molecule has 0 amide bonds. The fourth-order valence-electron chi connectivity index (χ4n) is 2.75. The van der Waals surface area contributed by atoms with E-state index in [1.165, 1.54) is 16.8 Å². The Kier molecular flexibility index (Phi) is 3.67. The standard InChI is InChI=1S/C21H15FN2/c22-20-9-3-4-10-21(20)23-15-19-8-5-13-24(19)18-12-11-16-6-1-2-7-17(16)14-18/h1-15H. The molecule has 24 heavy (non-hydrogen) atoms. The van der Waals surface area contributed by atoms with Gasteiger partial charge < -0.3 is 4.57 Å². The summed E-state index contributed by atoms with van der Waals surface area (Å²) in [6.45, 7) is 0. The van der Waals surface area contributed by atoms with Crippen molar-refractivity contribution in [2.45, 2.75) is 0 Å². The summed E-state index contributed by atoms with van der Waals surface area (Å²) in [4.78, 5) is 4.28. The molecule has 1 heterocycles. The summed E-state index contributed by atoms with van der Waals surface area (Å²) in [5.41, 5.74) is 2.28. The van der Waals surface area contributed by atoms with Gasteiger partial charge in [0.25, 0.3) is 0 Å². The van der Waals surface area contributed by atoms with Gasteiger partial charge in [0.05, 0.1) is 17.6 Å². The number of hydrogen-bond acceptors (Lipinski definition) is 1. The fraction of sp³-hybridized carbons (Fsp3) is 0. The molecule has 1 aromatic heterocycles. The molecule has 0 spiro atoms. The molecule has 0 fully saturated rings. The maximum absolute atomic E-state index is 13.7. The van der Waals surface area contributed by atoms with Crippen molar-refractivity contribution in [2.24, 2.45) is 4.99 Å². The van der Waals surface area contributed by atoms with Crippen LogP contribution in [0.4, 0.5) is 10.1 Å². The second-order valence-corrected chi connectivity index (χ2v) is 5.54. The quantitative estimate of drug-likeness (QED) is 0.443. The van der Waals surface area contributed by atoms with Crippen molar-refractivity contribution >= 4 is 22.7 Å². The molecular weight excluding hydrogens is 299 g/mol. The number of fused-ring (bicyclic) bond motifs is 1. The van der Waals surface area contributed by atoms with Crippen LogP contribution in [-0.2, 0) is 0 Å². The summed E-state index contributed by atoms with van der Waals surface area (Å²) < 4.78 is 15.7. The van der Waals surface area contributed by atoms with Gasteiger partial charge in [-0.1, -0.05) is 42.5 Å². The van der Waals surface area contributed by atoms with Crippen molar-refractivity contribution in [3.05, 3.63) is 96.6 Å². The summed E-state index contributed by atoms with van der Waals surface area (Å²) >= 11 is 0. The van der Waals surface area contributed by atoms with Crippen molar-refractivity contribution in [2.75, 3.05) is 0 Å². The highest BCUT2D eigenvalue weighted by Crippen LogP contribution is 2.21. The van der Waals surface area contributed by atoms with Gasteiger partial charge in [-0.15, -0.1) is 0 Å². The molecule has 4 rings (SSSR count). The number of aromatic nitrogens is 1. The second kappa shape index (κ2) is 6.13. The maximum Gasteiger partial charge on any atom is 0.148 e. The molecule has 0 N–H and O–H groups in total. The van der Waals surface area contributed by atoms with Gasteiger partial charge in [0, 0.05) is 11.9 Å². The molecule has 4 aromatic rings. The van der Waals surface area contributed by atoms with Crippen LogP contribution in [0.2, 0.25) is 0 Å². The lowest BCUT2D eigenvalue weighted by Crippen LogP contribution is -1.97. The zero-order chi connectivity index (χ0) is 16.4. The van der Waals surface area contributed by atoms with Crippen molar-refractivity contribution < 1.29 is 4.39 Å². The molecule has 0 aliphatic carbocycles. The van der Waals surface area contributed by atoms with Crippen LogP contribution in [0, 0.1) is 5.82 Å². The minimum absolute atomic E-state index is 0.322. The number of para-hydroxylation sites is 1. The number of nitrogens with zero attached hydrogens (tertiary/aromatic N) is 2. The van der Waals surface area contributed by atoms with E-state index in [0.717, 1.165) is 11.4 Å². The van der Waals surface area contributed by atoms with Crippen LogP contribution in [0.5, 0.6) is 0 Å². The van der Waals surface area contributed by atoms with Crippen molar-refractivity contribution in [1.29, 1.82) is 0 Å². The molecule has 0 bridgehead atoms. The Bertz CT molecular complexity index is 1030. The lowest BCUT2D eigenvalue weighted by Gasteiger charge is -2.08. The Balaban J connectivity index is 1.72. The smallest absolute Gasteiger partial charge is 0.148 e. The SMILES string of the molecule is Fc1ccccc1N=Cc1cccn1-c1ccc2ccccc2c1. The van der Waals surface area contributed by atoms with E-state index in [9.17, 15) is 4.39 Å². The molecule has 0 radical (unpaired) electrons. The van der Waals surface area contributed by atoms with Gasteiger partial charge >= 0.3 is 0 Å². The zero-order valence-electron chi connectivity index (χ0n) is 12.9. The van der Waals surface area contributed by atoms with Crippen LogP contribution in [0.25, 0.3) is 16.5 Å². The number of halogens is 1. The Labute approximate surface area is 139 Å². The Morgan fingerprint density at radius 3 is 2.46 bits per heavy atom. The average Bonchev–Trinajstić information content (AvgIpc) is 3.09. The first-order chi connectivity index (χ1) is 11.8. The molecule has 3 heteroatoms. The monoisotopic (exact) mass is 314 g/mol. The third-order valence-corrected chi connectivity index (χ3v) is 3.98. The predicted octanol–water partition coefficient (Wildman–Crippen LogP) is 5.52. The van der Waals surface area contributed by atoms with E-state index in [1.54, 1.807) is 24.4 Å². The summed E-state index contributed by atoms with van der Waals surface area (Å²) in [7, 11) is 0. The second-order valence-electron chi connectivity index (χ2n) is 5.54. The lowest BCUT2D eigenvalue weighted by atomic mass is 10.1. The van der Waals surface area contributed by atoms with E-state index in [2.05, 4.69) is 35.3 Å². The van der Waals surface area contributed by atoms with E-state index in [4.69, 9.17) is 0 Å². The molecule has 116 valence electrons.